The fraction of sp³-hybridized carbons (Fsp3) is 0.0833. The molecule has 1 amide bonds. The first-order chi connectivity index (χ1) is 8.25. The summed E-state index contributed by atoms with van der Waals surface area (Å²) in [7, 11) is 0. The van der Waals surface area contributed by atoms with E-state index in [-0.39, 0.29) is 5.91 Å². The van der Waals surface area contributed by atoms with Crippen molar-refractivity contribution in [3.63, 3.8) is 0 Å². The average Bonchev–Trinajstić information content (AvgIpc) is 2.33. The van der Waals surface area contributed by atoms with Gasteiger partial charge in [-0.05, 0) is 39.7 Å². The highest BCUT2D eigenvalue weighted by atomic mass is 79.9. The van der Waals surface area contributed by atoms with Crippen molar-refractivity contribution < 1.29 is 4.79 Å². The van der Waals surface area contributed by atoms with E-state index in [1.165, 1.54) is 0 Å². The number of hydrogen-bond donors (Lipinski definition) is 1. The molecule has 4 nitrogen and oxygen atoms in total. The van der Waals surface area contributed by atoms with Gasteiger partial charge in [-0.1, -0.05) is 6.07 Å². The Hall–Kier alpha value is -1.75. The Morgan fingerprint density at radius 2 is 2.18 bits per heavy atom. The summed E-state index contributed by atoms with van der Waals surface area (Å²) >= 11 is 3.35. The minimum absolute atomic E-state index is 0.101. The molecule has 0 saturated carbocycles. The molecule has 0 fully saturated rings. The van der Waals surface area contributed by atoms with Gasteiger partial charge in [-0.15, -0.1) is 0 Å². The lowest BCUT2D eigenvalue weighted by molar-refractivity contribution is -0.115. The second-order valence-corrected chi connectivity index (χ2v) is 4.26. The molecule has 2 rings (SSSR count). The van der Waals surface area contributed by atoms with Crippen molar-refractivity contribution in [2.45, 2.75) is 6.42 Å². The van der Waals surface area contributed by atoms with Crippen molar-refractivity contribution in [1.82, 2.24) is 9.97 Å². The van der Waals surface area contributed by atoms with E-state index in [2.05, 4.69) is 31.2 Å². The number of nitrogens with one attached hydrogen (secondary N) is 1. The number of nitrogens with zero attached hydrogens (tertiary/aromatic N) is 2. The first kappa shape index (κ1) is 11.7. The normalized spacial score (nSPS) is 9.94. The van der Waals surface area contributed by atoms with Gasteiger partial charge in [0, 0.05) is 23.1 Å². The van der Waals surface area contributed by atoms with Crippen LogP contribution >= 0.6 is 15.9 Å². The molecule has 86 valence electrons. The number of aromatic nitrogens is 2. The second kappa shape index (κ2) is 5.54. The molecule has 0 aliphatic rings. The SMILES string of the molecule is O=C(Cc1ccncc1Br)Nc1ccccn1. The van der Waals surface area contributed by atoms with Crippen LogP contribution in [0.25, 0.3) is 0 Å². The Balaban J connectivity index is 2.01. The average molecular weight is 292 g/mol. The summed E-state index contributed by atoms with van der Waals surface area (Å²) < 4.78 is 0.830. The number of carbonyl (C=O) groups excluding carboxylic acids is 1. The van der Waals surface area contributed by atoms with E-state index in [1.54, 1.807) is 30.7 Å². The van der Waals surface area contributed by atoms with Crippen LogP contribution in [0.2, 0.25) is 0 Å². The largest absolute Gasteiger partial charge is 0.310 e. The highest BCUT2D eigenvalue weighted by Crippen LogP contribution is 2.15. The van der Waals surface area contributed by atoms with Crippen LogP contribution in [0.15, 0.2) is 47.3 Å². The van der Waals surface area contributed by atoms with E-state index in [0.717, 1.165) is 10.0 Å². The van der Waals surface area contributed by atoms with E-state index < -0.39 is 0 Å². The molecule has 1 N–H and O–H groups in total. The molecule has 0 bridgehead atoms. The summed E-state index contributed by atoms with van der Waals surface area (Å²) in [6.07, 6.45) is 5.26. The minimum Gasteiger partial charge on any atom is -0.310 e. The van der Waals surface area contributed by atoms with Crippen LogP contribution in [0, 0.1) is 0 Å². The lowest BCUT2D eigenvalue weighted by Gasteiger charge is -2.05. The third-order valence-corrected chi connectivity index (χ3v) is 2.85. The van der Waals surface area contributed by atoms with Crippen LogP contribution in [0.5, 0.6) is 0 Å². The third kappa shape index (κ3) is 3.35. The van der Waals surface area contributed by atoms with Crippen LogP contribution in [0.3, 0.4) is 0 Å². The summed E-state index contributed by atoms with van der Waals surface area (Å²) in [4.78, 5) is 19.7. The standard InChI is InChI=1S/C12H10BrN3O/c13-10-8-14-6-4-9(10)7-12(17)16-11-3-1-2-5-15-11/h1-6,8H,7H2,(H,15,16,17). The maximum Gasteiger partial charge on any atom is 0.229 e. The van der Waals surface area contributed by atoms with Crippen LogP contribution in [0.1, 0.15) is 5.56 Å². The molecule has 0 radical (unpaired) electrons. The zero-order valence-electron chi connectivity index (χ0n) is 8.93. The Morgan fingerprint density at radius 3 is 2.88 bits per heavy atom. The zero-order valence-corrected chi connectivity index (χ0v) is 10.5. The quantitative estimate of drug-likeness (QED) is 0.945. The number of halogens is 1. The van der Waals surface area contributed by atoms with Crippen molar-refractivity contribution in [3.8, 4) is 0 Å². The lowest BCUT2D eigenvalue weighted by Crippen LogP contribution is -2.15. The summed E-state index contributed by atoms with van der Waals surface area (Å²) in [5.74, 6) is 0.457. The van der Waals surface area contributed by atoms with Crippen LogP contribution in [0.4, 0.5) is 5.82 Å². The molecule has 2 aromatic rings. The van der Waals surface area contributed by atoms with Gasteiger partial charge in [0.15, 0.2) is 0 Å². The fourth-order valence-electron chi connectivity index (χ4n) is 1.34. The van der Waals surface area contributed by atoms with Crippen molar-refractivity contribution in [2.75, 3.05) is 5.32 Å². The number of hydrogen-bond acceptors (Lipinski definition) is 3. The van der Waals surface area contributed by atoms with Crippen molar-refractivity contribution in [2.24, 2.45) is 0 Å². The van der Waals surface area contributed by atoms with Crippen molar-refractivity contribution in [1.29, 1.82) is 0 Å². The smallest absolute Gasteiger partial charge is 0.229 e. The van der Waals surface area contributed by atoms with Gasteiger partial charge in [0.1, 0.15) is 5.82 Å². The number of carbonyl (C=O) groups is 1. The predicted molar refractivity (Wildman–Crippen MR) is 68.5 cm³/mol. The first-order valence-corrected chi connectivity index (χ1v) is 5.84. The van der Waals surface area contributed by atoms with Crippen LogP contribution in [-0.2, 0) is 11.2 Å². The fourth-order valence-corrected chi connectivity index (χ4v) is 1.73. The Morgan fingerprint density at radius 1 is 1.29 bits per heavy atom. The zero-order chi connectivity index (χ0) is 12.1. The summed E-state index contributed by atoms with van der Waals surface area (Å²) in [6.45, 7) is 0. The number of pyridine rings is 2. The predicted octanol–water partition coefficient (Wildman–Crippen LogP) is 2.42. The maximum absolute atomic E-state index is 11.7. The molecule has 2 heterocycles. The van der Waals surface area contributed by atoms with Crippen LogP contribution < -0.4 is 5.32 Å². The van der Waals surface area contributed by atoms with Gasteiger partial charge in [0.05, 0.1) is 6.42 Å². The molecule has 0 saturated heterocycles. The van der Waals surface area contributed by atoms with E-state index in [9.17, 15) is 4.79 Å². The second-order valence-electron chi connectivity index (χ2n) is 3.41. The molecule has 0 atom stereocenters. The Labute approximate surface area is 107 Å². The van der Waals surface area contributed by atoms with E-state index in [0.29, 0.717) is 12.2 Å². The Kier molecular flexibility index (Phi) is 3.82. The monoisotopic (exact) mass is 291 g/mol. The van der Waals surface area contributed by atoms with Gasteiger partial charge < -0.3 is 5.32 Å². The molecule has 17 heavy (non-hydrogen) atoms. The highest BCUT2D eigenvalue weighted by molar-refractivity contribution is 9.10. The van der Waals surface area contributed by atoms with Crippen LogP contribution in [-0.4, -0.2) is 15.9 Å². The van der Waals surface area contributed by atoms with Gasteiger partial charge in [0.25, 0.3) is 0 Å². The van der Waals surface area contributed by atoms with Gasteiger partial charge in [-0.2, -0.15) is 0 Å². The highest BCUT2D eigenvalue weighted by Gasteiger charge is 2.07. The first-order valence-electron chi connectivity index (χ1n) is 5.05. The lowest BCUT2D eigenvalue weighted by atomic mass is 10.2. The molecule has 0 aromatic carbocycles. The van der Waals surface area contributed by atoms with E-state index in [4.69, 9.17) is 0 Å². The molecule has 0 unspecified atom stereocenters. The van der Waals surface area contributed by atoms with Gasteiger partial charge in [-0.3, -0.25) is 9.78 Å². The molecular formula is C12H10BrN3O. The molecule has 2 aromatic heterocycles. The van der Waals surface area contributed by atoms with Gasteiger partial charge >= 0.3 is 0 Å². The summed E-state index contributed by atoms with van der Waals surface area (Å²) in [5.41, 5.74) is 0.897. The minimum atomic E-state index is -0.101. The number of rotatable bonds is 3. The summed E-state index contributed by atoms with van der Waals surface area (Å²) in [6, 6.07) is 7.18. The molecule has 0 aliphatic heterocycles. The van der Waals surface area contributed by atoms with Crippen molar-refractivity contribution >= 4 is 27.7 Å². The summed E-state index contributed by atoms with van der Waals surface area (Å²) in [5, 5.41) is 2.73. The topological polar surface area (TPSA) is 54.9 Å². The van der Waals surface area contributed by atoms with Gasteiger partial charge in [0.2, 0.25) is 5.91 Å². The number of amides is 1. The van der Waals surface area contributed by atoms with Gasteiger partial charge in [-0.25, -0.2) is 4.98 Å². The van der Waals surface area contributed by atoms with E-state index >= 15 is 0 Å². The third-order valence-electron chi connectivity index (χ3n) is 2.14. The molecule has 5 heteroatoms. The maximum atomic E-state index is 11.7. The Bertz CT molecular complexity index is 516. The molecular weight excluding hydrogens is 282 g/mol. The van der Waals surface area contributed by atoms with Crippen molar-refractivity contribution in [3.05, 3.63) is 52.9 Å². The van der Waals surface area contributed by atoms with E-state index in [1.807, 2.05) is 12.1 Å². The molecule has 0 spiro atoms. The molecule has 0 aliphatic carbocycles. The number of anilines is 1.